The Morgan fingerprint density at radius 3 is 2.36 bits per heavy atom. The van der Waals surface area contributed by atoms with Crippen LogP contribution in [-0.2, 0) is 12.8 Å². The number of carbonyl (C=O) groups excluding carboxylic acids is 1. The Balaban J connectivity index is 1.73. The standard InChI is InChI=1S/C23H20Br2O3/c1-2-16-8-10-22(20(25)14-16)28-23(26)19-15-18(24)9-11-21(19)27-13-12-17-6-4-3-5-7-17/h3-11,14-15H,2,12-13H2,1H3. The molecule has 3 aromatic rings. The van der Waals surface area contributed by atoms with Crippen LogP contribution in [0.2, 0.25) is 0 Å². The van der Waals surface area contributed by atoms with E-state index in [9.17, 15) is 4.79 Å². The Morgan fingerprint density at radius 1 is 0.893 bits per heavy atom. The van der Waals surface area contributed by atoms with Crippen LogP contribution in [-0.4, -0.2) is 12.6 Å². The Hall–Kier alpha value is -2.11. The number of ether oxygens (including phenoxy) is 2. The first-order valence-electron chi connectivity index (χ1n) is 9.03. The maximum atomic E-state index is 12.8. The number of halogens is 2. The zero-order chi connectivity index (χ0) is 19.9. The van der Waals surface area contributed by atoms with E-state index >= 15 is 0 Å². The van der Waals surface area contributed by atoms with Gasteiger partial charge in [0, 0.05) is 10.9 Å². The second-order valence-electron chi connectivity index (χ2n) is 6.23. The van der Waals surface area contributed by atoms with Crippen LogP contribution >= 0.6 is 31.9 Å². The van der Waals surface area contributed by atoms with Crippen molar-refractivity contribution in [1.29, 1.82) is 0 Å². The molecule has 0 amide bonds. The van der Waals surface area contributed by atoms with Crippen LogP contribution in [0.25, 0.3) is 0 Å². The van der Waals surface area contributed by atoms with Crippen LogP contribution in [0.3, 0.4) is 0 Å². The fraction of sp³-hybridized carbons (Fsp3) is 0.174. The van der Waals surface area contributed by atoms with Crippen LogP contribution in [0.4, 0.5) is 0 Å². The van der Waals surface area contributed by atoms with Crippen molar-refractivity contribution in [1.82, 2.24) is 0 Å². The summed E-state index contributed by atoms with van der Waals surface area (Å²) in [6.45, 7) is 2.55. The summed E-state index contributed by atoms with van der Waals surface area (Å²) in [7, 11) is 0. The van der Waals surface area contributed by atoms with E-state index in [0.717, 1.165) is 21.8 Å². The molecule has 0 radical (unpaired) electrons. The van der Waals surface area contributed by atoms with E-state index in [-0.39, 0.29) is 0 Å². The van der Waals surface area contributed by atoms with Gasteiger partial charge in [-0.15, -0.1) is 0 Å². The summed E-state index contributed by atoms with van der Waals surface area (Å²) in [5.41, 5.74) is 2.73. The van der Waals surface area contributed by atoms with Gasteiger partial charge < -0.3 is 9.47 Å². The van der Waals surface area contributed by atoms with E-state index in [4.69, 9.17) is 9.47 Å². The van der Waals surface area contributed by atoms with Gasteiger partial charge in [-0.05, 0) is 63.8 Å². The summed E-state index contributed by atoms with van der Waals surface area (Å²) >= 11 is 6.89. The maximum absolute atomic E-state index is 12.8. The van der Waals surface area contributed by atoms with Gasteiger partial charge in [-0.2, -0.15) is 0 Å². The van der Waals surface area contributed by atoms with Crippen molar-refractivity contribution in [3.8, 4) is 11.5 Å². The minimum atomic E-state index is -0.457. The van der Waals surface area contributed by atoms with Crippen molar-refractivity contribution >= 4 is 37.8 Å². The SMILES string of the molecule is CCc1ccc(OC(=O)c2cc(Br)ccc2OCCc2ccccc2)c(Br)c1. The minimum absolute atomic E-state index is 0.383. The number of hydrogen-bond acceptors (Lipinski definition) is 3. The topological polar surface area (TPSA) is 35.5 Å². The molecule has 144 valence electrons. The molecule has 5 heteroatoms. The monoisotopic (exact) mass is 502 g/mol. The molecule has 3 rings (SSSR count). The highest BCUT2D eigenvalue weighted by atomic mass is 79.9. The highest BCUT2D eigenvalue weighted by molar-refractivity contribution is 9.10. The highest BCUT2D eigenvalue weighted by Gasteiger charge is 2.17. The van der Waals surface area contributed by atoms with E-state index in [1.54, 1.807) is 18.2 Å². The fourth-order valence-electron chi connectivity index (χ4n) is 2.71. The lowest BCUT2D eigenvalue weighted by Gasteiger charge is -2.13. The smallest absolute Gasteiger partial charge is 0.347 e. The lowest BCUT2D eigenvalue weighted by molar-refractivity contribution is 0.0729. The maximum Gasteiger partial charge on any atom is 0.347 e. The molecule has 3 aromatic carbocycles. The van der Waals surface area contributed by atoms with Crippen molar-refractivity contribution in [3.05, 3.63) is 92.4 Å². The molecule has 0 bridgehead atoms. The average molecular weight is 504 g/mol. The molecule has 0 aliphatic heterocycles. The third kappa shape index (κ3) is 5.46. The Labute approximate surface area is 181 Å². The van der Waals surface area contributed by atoms with E-state index in [2.05, 4.69) is 50.9 Å². The summed E-state index contributed by atoms with van der Waals surface area (Å²) < 4.78 is 13.0. The summed E-state index contributed by atoms with van der Waals surface area (Å²) in [4.78, 5) is 12.8. The molecule has 0 saturated carbocycles. The predicted octanol–water partition coefficient (Wildman–Crippen LogP) is 6.61. The lowest BCUT2D eigenvalue weighted by Crippen LogP contribution is -2.12. The molecular formula is C23H20Br2O3. The van der Waals surface area contributed by atoms with Crippen molar-refractivity contribution in [2.75, 3.05) is 6.61 Å². The van der Waals surface area contributed by atoms with Gasteiger partial charge in [0.05, 0.1) is 11.1 Å². The Morgan fingerprint density at radius 2 is 1.64 bits per heavy atom. The number of benzene rings is 3. The highest BCUT2D eigenvalue weighted by Crippen LogP contribution is 2.29. The molecule has 0 aliphatic carbocycles. The van der Waals surface area contributed by atoms with Crippen LogP contribution in [0.5, 0.6) is 11.5 Å². The molecule has 28 heavy (non-hydrogen) atoms. The van der Waals surface area contributed by atoms with Gasteiger partial charge in [0.25, 0.3) is 0 Å². The van der Waals surface area contributed by atoms with Gasteiger partial charge in [0.15, 0.2) is 0 Å². The van der Waals surface area contributed by atoms with Crippen molar-refractivity contribution in [2.45, 2.75) is 19.8 Å². The Kier molecular flexibility index (Phi) is 7.29. The van der Waals surface area contributed by atoms with E-state index in [1.807, 2.05) is 36.4 Å². The second kappa shape index (κ2) is 9.89. The van der Waals surface area contributed by atoms with E-state index in [0.29, 0.717) is 23.7 Å². The molecule has 0 aliphatic rings. The van der Waals surface area contributed by atoms with Gasteiger partial charge in [-0.1, -0.05) is 59.3 Å². The largest absolute Gasteiger partial charge is 0.492 e. The zero-order valence-electron chi connectivity index (χ0n) is 15.5. The number of rotatable bonds is 7. The molecule has 0 unspecified atom stereocenters. The molecule has 0 N–H and O–H groups in total. The molecular weight excluding hydrogens is 484 g/mol. The van der Waals surface area contributed by atoms with Gasteiger partial charge in [-0.25, -0.2) is 4.79 Å². The molecule has 0 fully saturated rings. The van der Waals surface area contributed by atoms with Gasteiger partial charge in [0.2, 0.25) is 0 Å². The van der Waals surface area contributed by atoms with Crippen molar-refractivity contribution in [2.24, 2.45) is 0 Å². The summed E-state index contributed by atoms with van der Waals surface area (Å²) in [6.07, 6.45) is 1.67. The van der Waals surface area contributed by atoms with Gasteiger partial charge in [0.1, 0.15) is 17.1 Å². The summed E-state index contributed by atoms with van der Waals surface area (Å²) in [5, 5.41) is 0. The summed E-state index contributed by atoms with van der Waals surface area (Å²) in [6, 6.07) is 21.1. The van der Waals surface area contributed by atoms with Gasteiger partial charge in [-0.3, -0.25) is 0 Å². The third-order valence-electron chi connectivity index (χ3n) is 4.26. The minimum Gasteiger partial charge on any atom is -0.492 e. The lowest BCUT2D eigenvalue weighted by atomic mass is 10.1. The molecule has 0 aromatic heterocycles. The average Bonchev–Trinajstić information content (AvgIpc) is 2.71. The number of carbonyl (C=O) groups is 1. The number of esters is 1. The van der Waals surface area contributed by atoms with Crippen LogP contribution in [0, 0.1) is 0 Å². The zero-order valence-corrected chi connectivity index (χ0v) is 18.6. The first-order chi connectivity index (χ1) is 13.6. The Bertz CT molecular complexity index is 955. The van der Waals surface area contributed by atoms with Gasteiger partial charge >= 0.3 is 5.97 Å². The van der Waals surface area contributed by atoms with Crippen LogP contribution in [0.15, 0.2) is 75.7 Å². The molecule has 0 spiro atoms. The predicted molar refractivity (Wildman–Crippen MR) is 118 cm³/mol. The third-order valence-corrected chi connectivity index (χ3v) is 5.37. The van der Waals surface area contributed by atoms with Crippen molar-refractivity contribution < 1.29 is 14.3 Å². The summed E-state index contributed by atoms with van der Waals surface area (Å²) in [5.74, 6) is 0.531. The quantitative estimate of drug-likeness (QED) is 0.268. The normalized spacial score (nSPS) is 10.5. The number of aryl methyl sites for hydroxylation is 1. The molecule has 0 atom stereocenters. The fourth-order valence-corrected chi connectivity index (χ4v) is 3.58. The first kappa shape index (κ1) is 20.6. The number of hydrogen-bond donors (Lipinski definition) is 0. The second-order valence-corrected chi connectivity index (χ2v) is 8.00. The van der Waals surface area contributed by atoms with Crippen LogP contribution in [0.1, 0.15) is 28.4 Å². The molecule has 3 nitrogen and oxygen atoms in total. The van der Waals surface area contributed by atoms with Crippen molar-refractivity contribution in [3.63, 3.8) is 0 Å². The molecule has 0 saturated heterocycles. The van der Waals surface area contributed by atoms with E-state index < -0.39 is 5.97 Å². The van der Waals surface area contributed by atoms with Crippen LogP contribution < -0.4 is 9.47 Å². The van der Waals surface area contributed by atoms with E-state index in [1.165, 1.54) is 11.1 Å². The first-order valence-corrected chi connectivity index (χ1v) is 10.6. The molecule has 0 heterocycles.